The van der Waals surface area contributed by atoms with Crippen LogP contribution in [0, 0.1) is 6.92 Å². The first kappa shape index (κ1) is 21.3. The van der Waals surface area contributed by atoms with Gasteiger partial charge in [-0.2, -0.15) is 0 Å². The van der Waals surface area contributed by atoms with Gasteiger partial charge in [0, 0.05) is 63.1 Å². The van der Waals surface area contributed by atoms with E-state index in [1.54, 1.807) is 0 Å². The fourth-order valence-corrected chi connectivity index (χ4v) is 4.53. The second-order valence-electron chi connectivity index (χ2n) is 8.65. The zero-order chi connectivity index (χ0) is 22.9. The van der Waals surface area contributed by atoms with Crippen molar-refractivity contribution in [3.63, 3.8) is 0 Å². The summed E-state index contributed by atoms with van der Waals surface area (Å²) in [6.07, 6.45) is 6.48. The highest BCUT2D eigenvalue weighted by atomic mass is 16.1. The highest BCUT2D eigenvalue weighted by molar-refractivity contribution is 5.92. The van der Waals surface area contributed by atoms with Crippen LogP contribution in [0.15, 0.2) is 41.6 Å². The number of nitrogens with one attached hydrogen (secondary N) is 2. The lowest BCUT2D eigenvalue weighted by molar-refractivity contribution is 0.249. The molecule has 8 heteroatoms. The van der Waals surface area contributed by atoms with Crippen LogP contribution in [-0.2, 0) is 13.0 Å². The van der Waals surface area contributed by atoms with E-state index in [4.69, 9.17) is 4.98 Å². The molecule has 5 rings (SSSR count). The summed E-state index contributed by atoms with van der Waals surface area (Å²) in [5.74, 6) is 0.809. The normalized spacial score (nSPS) is 14.8. The zero-order valence-corrected chi connectivity index (χ0v) is 19.4. The number of hydrogen-bond donors (Lipinski definition) is 2. The number of hydrogen-bond acceptors (Lipinski definition) is 7. The molecular formula is C25H29N7O. The summed E-state index contributed by atoms with van der Waals surface area (Å²) in [7, 11) is 1.87. The highest BCUT2D eigenvalue weighted by Crippen LogP contribution is 2.27. The van der Waals surface area contributed by atoms with Crippen molar-refractivity contribution in [3.05, 3.63) is 63.8 Å². The van der Waals surface area contributed by atoms with Crippen molar-refractivity contribution in [2.75, 3.05) is 43.4 Å². The largest absolute Gasteiger partial charge is 0.371 e. The number of aromatic nitrogens is 4. The minimum atomic E-state index is -0.0191. The van der Waals surface area contributed by atoms with Gasteiger partial charge in [0.1, 0.15) is 5.52 Å². The van der Waals surface area contributed by atoms with Crippen molar-refractivity contribution < 1.29 is 0 Å². The number of H-pyrrole nitrogens is 1. The quantitative estimate of drug-likeness (QED) is 0.490. The fraction of sp³-hybridized carbons (Fsp3) is 0.360. The first-order valence-electron chi connectivity index (χ1n) is 11.5. The van der Waals surface area contributed by atoms with Gasteiger partial charge in [-0.3, -0.25) is 19.7 Å². The summed E-state index contributed by atoms with van der Waals surface area (Å²) in [5.41, 5.74) is 6.71. The first-order valence-corrected chi connectivity index (χ1v) is 11.5. The Hall–Kier alpha value is -3.52. The number of anilines is 2. The molecule has 1 aliphatic rings. The van der Waals surface area contributed by atoms with E-state index in [0.717, 1.165) is 82.9 Å². The van der Waals surface area contributed by atoms with Crippen molar-refractivity contribution in [2.24, 2.45) is 0 Å². The molecule has 33 heavy (non-hydrogen) atoms. The monoisotopic (exact) mass is 443 g/mol. The Morgan fingerprint density at radius 2 is 1.85 bits per heavy atom. The first-order chi connectivity index (χ1) is 16.1. The molecule has 0 atom stereocenters. The molecule has 8 nitrogen and oxygen atoms in total. The maximum atomic E-state index is 12.2. The van der Waals surface area contributed by atoms with Gasteiger partial charge in [-0.15, -0.1) is 0 Å². The Labute approximate surface area is 192 Å². The van der Waals surface area contributed by atoms with Crippen molar-refractivity contribution in [3.8, 4) is 0 Å². The van der Waals surface area contributed by atoms with Gasteiger partial charge in [0.25, 0.3) is 5.56 Å². The summed E-state index contributed by atoms with van der Waals surface area (Å²) >= 11 is 0. The van der Waals surface area contributed by atoms with Crippen LogP contribution in [0.4, 0.5) is 11.5 Å². The molecule has 1 aliphatic heterocycles. The third-order valence-corrected chi connectivity index (χ3v) is 6.50. The average Bonchev–Trinajstić information content (AvgIpc) is 2.84. The van der Waals surface area contributed by atoms with Gasteiger partial charge in [0.15, 0.2) is 5.82 Å². The Morgan fingerprint density at radius 3 is 2.61 bits per heavy atom. The number of piperazine rings is 1. The molecule has 1 saturated heterocycles. The van der Waals surface area contributed by atoms with Gasteiger partial charge < -0.3 is 15.2 Å². The fourth-order valence-electron chi connectivity index (χ4n) is 4.53. The average molecular weight is 444 g/mol. The minimum Gasteiger partial charge on any atom is -0.371 e. The van der Waals surface area contributed by atoms with Crippen molar-refractivity contribution in [2.45, 2.75) is 26.8 Å². The van der Waals surface area contributed by atoms with E-state index in [9.17, 15) is 4.79 Å². The van der Waals surface area contributed by atoms with Gasteiger partial charge in [-0.25, -0.2) is 4.98 Å². The predicted octanol–water partition coefficient (Wildman–Crippen LogP) is 3.10. The lowest BCUT2D eigenvalue weighted by Crippen LogP contribution is -2.46. The zero-order valence-electron chi connectivity index (χ0n) is 19.4. The molecular weight excluding hydrogens is 414 g/mol. The van der Waals surface area contributed by atoms with E-state index >= 15 is 0 Å². The van der Waals surface area contributed by atoms with Crippen LogP contribution in [0.5, 0.6) is 0 Å². The summed E-state index contributed by atoms with van der Waals surface area (Å²) in [4.78, 5) is 33.7. The standard InChI is InChI=1S/C25H29N7O/c1-4-18-10-21-22(30-25(18)33)9-17(13-27-21)15-31-5-7-32(8-6-31)19-11-20-16(2)12-29-24(26-3)23(20)28-14-19/h9-14H,4-8,15H2,1-3H3,(H,26,29)(H,30,33). The second-order valence-corrected chi connectivity index (χ2v) is 8.65. The smallest absolute Gasteiger partial charge is 0.251 e. The van der Waals surface area contributed by atoms with E-state index in [2.05, 4.69) is 49.1 Å². The molecule has 4 aromatic rings. The third kappa shape index (κ3) is 4.14. The third-order valence-electron chi connectivity index (χ3n) is 6.50. The van der Waals surface area contributed by atoms with E-state index in [0.29, 0.717) is 6.42 Å². The minimum absolute atomic E-state index is 0.0191. The van der Waals surface area contributed by atoms with Crippen molar-refractivity contribution in [1.29, 1.82) is 0 Å². The molecule has 5 heterocycles. The van der Waals surface area contributed by atoms with Crippen LogP contribution >= 0.6 is 0 Å². The molecule has 0 radical (unpaired) electrons. The highest BCUT2D eigenvalue weighted by Gasteiger charge is 2.19. The van der Waals surface area contributed by atoms with Crippen LogP contribution in [-0.4, -0.2) is 58.1 Å². The van der Waals surface area contributed by atoms with Gasteiger partial charge in [-0.1, -0.05) is 6.92 Å². The summed E-state index contributed by atoms with van der Waals surface area (Å²) in [6.45, 7) is 8.67. The molecule has 0 aromatic carbocycles. The van der Waals surface area contributed by atoms with E-state index in [1.165, 1.54) is 0 Å². The molecule has 0 spiro atoms. The summed E-state index contributed by atoms with van der Waals surface area (Å²) in [6, 6.07) is 6.18. The van der Waals surface area contributed by atoms with E-state index in [-0.39, 0.29) is 5.56 Å². The molecule has 0 unspecified atom stereocenters. The van der Waals surface area contributed by atoms with Gasteiger partial charge in [0.2, 0.25) is 0 Å². The molecule has 4 aromatic heterocycles. The Morgan fingerprint density at radius 1 is 1.03 bits per heavy atom. The van der Waals surface area contributed by atoms with Gasteiger partial charge in [-0.05, 0) is 42.7 Å². The number of rotatable bonds is 5. The van der Waals surface area contributed by atoms with E-state index < -0.39 is 0 Å². The SMILES string of the molecule is CCc1cc2ncc(CN3CCN(c4cnc5c(NC)ncc(C)c5c4)CC3)cc2[nH]c1=O. The van der Waals surface area contributed by atoms with Gasteiger partial charge in [0.05, 0.1) is 22.9 Å². The number of fused-ring (bicyclic) bond motifs is 2. The maximum absolute atomic E-state index is 12.2. The van der Waals surface area contributed by atoms with Gasteiger partial charge >= 0.3 is 0 Å². The number of aromatic amines is 1. The Balaban J connectivity index is 1.28. The van der Waals surface area contributed by atoms with Crippen LogP contribution < -0.4 is 15.8 Å². The number of pyridine rings is 4. The second kappa shape index (κ2) is 8.78. The molecule has 0 saturated carbocycles. The van der Waals surface area contributed by atoms with Crippen LogP contribution in [0.25, 0.3) is 21.9 Å². The van der Waals surface area contributed by atoms with Crippen LogP contribution in [0.1, 0.15) is 23.6 Å². The Bertz CT molecular complexity index is 1370. The predicted molar refractivity (Wildman–Crippen MR) is 133 cm³/mol. The molecule has 0 aliphatic carbocycles. The maximum Gasteiger partial charge on any atom is 0.251 e. The number of nitrogens with zero attached hydrogens (tertiary/aromatic N) is 5. The lowest BCUT2D eigenvalue weighted by Gasteiger charge is -2.36. The Kier molecular flexibility index (Phi) is 5.68. The topological polar surface area (TPSA) is 90.0 Å². The summed E-state index contributed by atoms with van der Waals surface area (Å²) < 4.78 is 0. The van der Waals surface area contributed by atoms with Crippen molar-refractivity contribution >= 4 is 33.4 Å². The number of aryl methyl sites for hydroxylation is 2. The van der Waals surface area contributed by atoms with Crippen molar-refractivity contribution in [1.82, 2.24) is 24.8 Å². The van der Waals surface area contributed by atoms with Crippen LogP contribution in [0.2, 0.25) is 0 Å². The molecule has 2 N–H and O–H groups in total. The molecule has 170 valence electrons. The lowest BCUT2D eigenvalue weighted by atomic mass is 10.1. The molecule has 0 bridgehead atoms. The van der Waals surface area contributed by atoms with E-state index in [1.807, 2.05) is 38.6 Å². The molecule has 1 fully saturated rings. The summed E-state index contributed by atoms with van der Waals surface area (Å²) in [5, 5.41) is 4.26. The molecule has 0 amide bonds. The van der Waals surface area contributed by atoms with Crippen LogP contribution in [0.3, 0.4) is 0 Å².